The molecule has 1 atom stereocenters. The van der Waals surface area contributed by atoms with E-state index in [-0.39, 0.29) is 11.9 Å². The van der Waals surface area contributed by atoms with Crippen LogP contribution in [-0.2, 0) is 0 Å². The Kier molecular flexibility index (Phi) is 4.11. The van der Waals surface area contributed by atoms with Gasteiger partial charge in [-0.2, -0.15) is 4.80 Å². The van der Waals surface area contributed by atoms with Crippen LogP contribution in [-0.4, -0.2) is 33.8 Å². The number of benzene rings is 2. The second kappa shape index (κ2) is 6.19. The molecule has 0 saturated heterocycles. The van der Waals surface area contributed by atoms with Gasteiger partial charge in [-0.15, -0.1) is 10.2 Å². The molecule has 5 nitrogen and oxygen atoms in total. The van der Waals surface area contributed by atoms with E-state index in [1.807, 2.05) is 26.1 Å². The van der Waals surface area contributed by atoms with Gasteiger partial charge < -0.3 is 5.32 Å². The maximum atomic E-state index is 13.3. The van der Waals surface area contributed by atoms with Gasteiger partial charge in [-0.05, 0) is 66.7 Å². The van der Waals surface area contributed by atoms with Gasteiger partial charge in [0.25, 0.3) is 0 Å². The van der Waals surface area contributed by atoms with Crippen molar-refractivity contribution in [3.63, 3.8) is 0 Å². The van der Waals surface area contributed by atoms with Crippen molar-refractivity contribution in [3.05, 3.63) is 53.6 Å². The lowest BCUT2D eigenvalue weighted by molar-refractivity contribution is 0.421. The Bertz CT molecular complexity index is 783. The number of nitrogens with zero attached hydrogens (tertiary/aromatic N) is 4. The summed E-state index contributed by atoms with van der Waals surface area (Å²) in [7, 11) is 1.92. The van der Waals surface area contributed by atoms with Crippen molar-refractivity contribution in [3.8, 4) is 0 Å². The summed E-state index contributed by atoms with van der Waals surface area (Å²) in [6.07, 6.45) is 0.846. The number of aryl methyl sites for hydroxylation is 1. The molecule has 1 N–H and O–H groups in total. The molecular formula is C16H18FN5. The highest BCUT2D eigenvalue weighted by molar-refractivity contribution is 5.83. The molecule has 6 heteroatoms. The number of hydrogen-bond acceptors (Lipinski definition) is 4. The van der Waals surface area contributed by atoms with Crippen LogP contribution >= 0.6 is 0 Å². The van der Waals surface area contributed by atoms with Crippen molar-refractivity contribution in [2.24, 2.45) is 0 Å². The smallest absolute Gasteiger partial charge is 0.171 e. The van der Waals surface area contributed by atoms with Crippen LogP contribution < -0.4 is 5.32 Å². The number of nitrogens with one attached hydrogen (secondary N) is 1. The highest BCUT2D eigenvalue weighted by atomic mass is 19.1. The summed E-state index contributed by atoms with van der Waals surface area (Å²) in [5, 5.41) is 17.5. The van der Waals surface area contributed by atoms with E-state index in [1.54, 1.807) is 16.9 Å². The lowest BCUT2D eigenvalue weighted by atomic mass is 10.00. The van der Waals surface area contributed by atoms with Gasteiger partial charge in [0.15, 0.2) is 5.82 Å². The van der Waals surface area contributed by atoms with E-state index >= 15 is 0 Å². The summed E-state index contributed by atoms with van der Waals surface area (Å²) in [4.78, 5) is 1.65. The summed E-state index contributed by atoms with van der Waals surface area (Å²) in [5.41, 5.74) is 1.09. The van der Waals surface area contributed by atoms with Gasteiger partial charge in [-0.3, -0.25) is 0 Å². The monoisotopic (exact) mass is 299 g/mol. The minimum atomic E-state index is -0.222. The van der Waals surface area contributed by atoms with Gasteiger partial charge in [0.2, 0.25) is 0 Å². The molecule has 0 unspecified atom stereocenters. The first-order valence-corrected chi connectivity index (χ1v) is 7.27. The quantitative estimate of drug-likeness (QED) is 0.786. The molecule has 0 aliphatic rings. The van der Waals surface area contributed by atoms with Crippen LogP contribution in [0.3, 0.4) is 0 Å². The molecule has 114 valence electrons. The molecule has 3 rings (SSSR count). The molecule has 2 aromatic carbocycles. The van der Waals surface area contributed by atoms with E-state index in [2.05, 4.69) is 26.8 Å². The summed E-state index contributed by atoms with van der Waals surface area (Å²) in [5.74, 6) is 0.429. The third-order valence-corrected chi connectivity index (χ3v) is 3.69. The normalized spacial score (nSPS) is 12.7. The van der Waals surface area contributed by atoms with E-state index in [9.17, 15) is 4.39 Å². The van der Waals surface area contributed by atoms with Crippen LogP contribution in [0.15, 0.2) is 36.4 Å². The minimum Gasteiger partial charge on any atom is -0.320 e. The van der Waals surface area contributed by atoms with Gasteiger partial charge in [-0.1, -0.05) is 18.2 Å². The lowest BCUT2D eigenvalue weighted by Gasteiger charge is -2.16. The number of hydrogen-bond donors (Lipinski definition) is 1. The highest BCUT2D eigenvalue weighted by Gasteiger charge is 2.16. The standard InChI is InChI=1S/C16H18FN5/c1-11-19-21-22(20-11)16(7-8-18-2)14-4-3-13-10-15(17)6-5-12(13)9-14/h3-6,9-10,16,18H,7-8H2,1-2H3/t16-/m0/s1. The van der Waals surface area contributed by atoms with Crippen molar-refractivity contribution in [1.82, 2.24) is 25.5 Å². The first-order valence-electron chi connectivity index (χ1n) is 7.27. The van der Waals surface area contributed by atoms with Gasteiger partial charge >= 0.3 is 0 Å². The SMILES string of the molecule is CNCC[C@@H](c1ccc2cc(F)ccc2c1)n1nnc(C)n1. The Morgan fingerprint density at radius 1 is 1.18 bits per heavy atom. The average Bonchev–Trinajstić information content (AvgIpc) is 2.94. The lowest BCUT2D eigenvalue weighted by Crippen LogP contribution is -2.20. The van der Waals surface area contributed by atoms with Gasteiger partial charge in [0.05, 0.1) is 6.04 Å². The Labute approximate surface area is 128 Å². The first-order chi connectivity index (χ1) is 10.7. The van der Waals surface area contributed by atoms with Crippen LogP contribution in [0.2, 0.25) is 0 Å². The molecule has 0 saturated carbocycles. The molecule has 1 heterocycles. The molecule has 0 bridgehead atoms. The second-order valence-electron chi connectivity index (χ2n) is 5.32. The molecule has 0 amide bonds. The molecule has 0 aliphatic heterocycles. The van der Waals surface area contributed by atoms with Gasteiger partial charge in [0, 0.05) is 0 Å². The third kappa shape index (κ3) is 2.96. The number of tetrazole rings is 1. The predicted molar refractivity (Wildman–Crippen MR) is 83.1 cm³/mol. The molecule has 22 heavy (non-hydrogen) atoms. The zero-order valence-electron chi connectivity index (χ0n) is 12.6. The topological polar surface area (TPSA) is 55.6 Å². The average molecular weight is 299 g/mol. The van der Waals surface area contributed by atoms with Gasteiger partial charge in [-0.25, -0.2) is 4.39 Å². The molecule has 0 fully saturated rings. The second-order valence-corrected chi connectivity index (χ2v) is 5.32. The van der Waals surface area contributed by atoms with Crippen molar-refractivity contribution >= 4 is 10.8 Å². The van der Waals surface area contributed by atoms with Crippen LogP contribution in [0.4, 0.5) is 4.39 Å². The van der Waals surface area contributed by atoms with E-state index in [1.165, 1.54) is 6.07 Å². The largest absolute Gasteiger partial charge is 0.320 e. The van der Waals surface area contributed by atoms with Crippen LogP contribution in [0.1, 0.15) is 23.9 Å². The van der Waals surface area contributed by atoms with E-state index in [4.69, 9.17) is 0 Å². The Morgan fingerprint density at radius 3 is 2.68 bits per heavy atom. The van der Waals surface area contributed by atoms with E-state index in [0.29, 0.717) is 5.82 Å². The van der Waals surface area contributed by atoms with Crippen LogP contribution in [0.5, 0.6) is 0 Å². The molecule has 1 aromatic heterocycles. The predicted octanol–water partition coefficient (Wildman–Crippen LogP) is 2.47. The van der Waals surface area contributed by atoms with Crippen LogP contribution in [0, 0.1) is 12.7 Å². The summed E-state index contributed by atoms with van der Waals surface area (Å²) in [6, 6.07) is 10.8. The highest BCUT2D eigenvalue weighted by Crippen LogP contribution is 2.25. The number of aromatic nitrogens is 4. The fourth-order valence-corrected chi connectivity index (χ4v) is 2.57. The molecular weight excluding hydrogens is 281 g/mol. The zero-order valence-corrected chi connectivity index (χ0v) is 12.6. The zero-order chi connectivity index (χ0) is 15.5. The van der Waals surface area contributed by atoms with E-state index in [0.717, 1.165) is 29.3 Å². The Hall–Kier alpha value is -2.34. The minimum absolute atomic E-state index is 0.00287. The first kappa shape index (κ1) is 14.6. The number of rotatable bonds is 5. The Balaban J connectivity index is 2.01. The van der Waals surface area contributed by atoms with Crippen molar-refractivity contribution in [1.29, 1.82) is 0 Å². The Morgan fingerprint density at radius 2 is 1.95 bits per heavy atom. The number of halogens is 1. The third-order valence-electron chi connectivity index (χ3n) is 3.69. The fraction of sp³-hybridized carbons (Fsp3) is 0.312. The maximum absolute atomic E-state index is 13.3. The summed E-state index contributed by atoms with van der Waals surface area (Å²) < 4.78 is 13.3. The van der Waals surface area contributed by atoms with E-state index < -0.39 is 0 Å². The molecule has 0 aliphatic carbocycles. The van der Waals surface area contributed by atoms with Gasteiger partial charge in [0.1, 0.15) is 5.82 Å². The maximum Gasteiger partial charge on any atom is 0.171 e. The van der Waals surface area contributed by atoms with Crippen molar-refractivity contribution < 1.29 is 4.39 Å². The summed E-state index contributed by atoms with van der Waals surface area (Å²) >= 11 is 0. The van der Waals surface area contributed by atoms with Crippen molar-refractivity contribution in [2.45, 2.75) is 19.4 Å². The fourth-order valence-electron chi connectivity index (χ4n) is 2.57. The van der Waals surface area contributed by atoms with Crippen molar-refractivity contribution in [2.75, 3.05) is 13.6 Å². The van der Waals surface area contributed by atoms with Crippen LogP contribution in [0.25, 0.3) is 10.8 Å². The molecule has 0 radical (unpaired) electrons. The molecule has 3 aromatic rings. The number of fused-ring (bicyclic) bond motifs is 1. The molecule has 0 spiro atoms. The summed E-state index contributed by atoms with van der Waals surface area (Å²) in [6.45, 7) is 2.66.